The fourth-order valence-electron chi connectivity index (χ4n) is 4.99. The van der Waals surface area contributed by atoms with Crippen LogP contribution in [0.15, 0.2) is 54.6 Å². The molecule has 5 nitrogen and oxygen atoms in total. The summed E-state index contributed by atoms with van der Waals surface area (Å²) in [5.41, 5.74) is 6.20. The lowest BCUT2D eigenvalue weighted by molar-refractivity contribution is 0.226. The van der Waals surface area contributed by atoms with Gasteiger partial charge in [0.2, 0.25) is 0 Å². The lowest BCUT2D eigenvalue weighted by Gasteiger charge is -2.42. The molecule has 0 bridgehead atoms. The molecule has 2 heterocycles. The number of aromatic nitrogens is 2. The smallest absolute Gasteiger partial charge is 0.118 e. The van der Waals surface area contributed by atoms with E-state index in [-0.39, 0.29) is 5.54 Å². The fraction of sp³-hybridized carbons (Fsp3) is 0.483. The van der Waals surface area contributed by atoms with Gasteiger partial charge in [0, 0.05) is 36.9 Å². The molecule has 34 heavy (non-hydrogen) atoms. The first-order chi connectivity index (χ1) is 16.3. The summed E-state index contributed by atoms with van der Waals surface area (Å²) in [5.74, 6) is 0.877. The van der Waals surface area contributed by atoms with Gasteiger partial charge >= 0.3 is 0 Å². The lowest BCUT2D eigenvalue weighted by Crippen LogP contribution is -2.52. The van der Waals surface area contributed by atoms with Gasteiger partial charge in [-0.2, -0.15) is 5.10 Å². The predicted molar refractivity (Wildman–Crippen MR) is 142 cm³/mol. The first kappa shape index (κ1) is 24.3. The van der Waals surface area contributed by atoms with Gasteiger partial charge in [0.05, 0.1) is 24.0 Å². The quantitative estimate of drug-likeness (QED) is 0.448. The summed E-state index contributed by atoms with van der Waals surface area (Å²) in [5, 5.41) is 5.02. The zero-order chi connectivity index (χ0) is 24.3. The topological polar surface area (TPSA) is 33.5 Å². The number of hydrogen-bond acceptors (Lipinski definition) is 4. The molecule has 1 aliphatic rings. The van der Waals surface area contributed by atoms with Gasteiger partial charge in [-0.15, -0.1) is 0 Å². The summed E-state index contributed by atoms with van der Waals surface area (Å²) in [4.78, 5) is 5.18. The van der Waals surface area contributed by atoms with Crippen molar-refractivity contribution in [2.75, 3.05) is 38.2 Å². The van der Waals surface area contributed by atoms with Crippen molar-refractivity contribution < 1.29 is 4.74 Å². The van der Waals surface area contributed by atoms with Gasteiger partial charge in [0.25, 0.3) is 0 Å². The number of para-hydroxylation sites is 1. The van der Waals surface area contributed by atoms with E-state index in [1.807, 2.05) is 12.1 Å². The second-order valence-electron chi connectivity index (χ2n) is 10.6. The van der Waals surface area contributed by atoms with Crippen molar-refractivity contribution in [3.05, 3.63) is 65.9 Å². The highest BCUT2D eigenvalue weighted by atomic mass is 16.5. The fourth-order valence-corrected chi connectivity index (χ4v) is 4.99. The van der Waals surface area contributed by atoms with Crippen LogP contribution in [0.5, 0.6) is 5.75 Å². The number of aryl methyl sites for hydroxylation is 2. The number of piperazine rings is 1. The maximum atomic E-state index is 5.33. The molecule has 0 spiro atoms. The van der Waals surface area contributed by atoms with E-state index in [1.54, 1.807) is 7.11 Å². The zero-order valence-corrected chi connectivity index (χ0v) is 21.7. The van der Waals surface area contributed by atoms with E-state index in [0.29, 0.717) is 6.04 Å². The van der Waals surface area contributed by atoms with Gasteiger partial charge in [-0.05, 0) is 96.0 Å². The third-order valence-electron chi connectivity index (χ3n) is 6.82. The average Bonchev–Trinajstić information content (AvgIpc) is 3.25. The minimum absolute atomic E-state index is 0.0746. The van der Waals surface area contributed by atoms with Crippen LogP contribution in [0.1, 0.15) is 45.4 Å². The van der Waals surface area contributed by atoms with Crippen molar-refractivity contribution in [3.8, 4) is 17.0 Å². The van der Waals surface area contributed by atoms with Crippen molar-refractivity contribution in [1.29, 1.82) is 0 Å². The largest absolute Gasteiger partial charge is 0.497 e. The Labute approximate surface area is 205 Å². The van der Waals surface area contributed by atoms with Crippen LogP contribution in [0.25, 0.3) is 11.3 Å². The van der Waals surface area contributed by atoms with Crippen molar-refractivity contribution in [3.63, 3.8) is 0 Å². The monoisotopic (exact) mass is 460 g/mol. The molecular formula is C29H40N4O. The molecule has 1 saturated heterocycles. The predicted octanol–water partition coefficient (Wildman–Crippen LogP) is 5.77. The summed E-state index contributed by atoms with van der Waals surface area (Å²) >= 11 is 0. The summed E-state index contributed by atoms with van der Waals surface area (Å²) < 4.78 is 7.51. The third kappa shape index (κ3) is 5.47. The normalized spacial score (nSPS) is 17.2. The van der Waals surface area contributed by atoms with E-state index in [0.717, 1.165) is 44.8 Å². The van der Waals surface area contributed by atoms with Crippen molar-refractivity contribution in [2.24, 2.45) is 0 Å². The molecule has 1 unspecified atom stereocenters. The Balaban J connectivity index is 1.37. The van der Waals surface area contributed by atoms with Crippen molar-refractivity contribution >= 4 is 5.69 Å². The minimum Gasteiger partial charge on any atom is -0.497 e. The number of methoxy groups -OCH3 is 1. The van der Waals surface area contributed by atoms with E-state index >= 15 is 0 Å². The van der Waals surface area contributed by atoms with Crippen molar-refractivity contribution in [1.82, 2.24) is 14.7 Å². The Bertz CT molecular complexity index is 1080. The van der Waals surface area contributed by atoms with Gasteiger partial charge < -0.3 is 9.64 Å². The van der Waals surface area contributed by atoms with E-state index < -0.39 is 0 Å². The Morgan fingerprint density at radius 1 is 1.03 bits per heavy atom. The summed E-state index contributed by atoms with van der Waals surface area (Å²) in [6, 6.07) is 19.8. The molecule has 1 aliphatic heterocycles. The maximum absolute atomic E-state index is 5.33. The van der Waals surface area contributed by atoms with Gasteiger partial charge in [-0.3, -0.25) is 9.58 Å². The number of rotatable bonds is 7. The molecule has 0 amide bonds. The molecule has 3 aromatic rings. The number of hydrogen-bond donors (Lipinski definition) is 0. The first-order valence-electron chi connectivity index (χ1n) is 12.5. The zero-order valence-electron chi connectivity index (χ0n) is 21.7. The van der Waals surface area contributed by atoms with Crippen LogP contribution >= 0.6 is 0 Å². The SMILES string of the molecule is COc1ccc(-c2cc(CCCN3CCN(c4ccccc4C)C(C)C3)nn2C(C)(C)C)cc1. The molecule has 1 fully saturated rings. The number of benzene rings is 2. The van der Waals surface area contributed by atoms with Crippen LogP contribution in [-0.2, 0) is 12.0 Å². The second-order valence-corrected chi connectivity index (χ2v) is 10.6. The highest BCUT2D eigenvalue weighted by Crippen LogP contribution is 2.29. The molecule has 182 valence electrons. The Morgan fingerprint density at radius 2 is 1.76 bits per heavy atom. The summed E-state index contributed by atoms with van der Waals surface area (Å²) in [6.07, 6.45) is 2.12. The molecule has 2 aromatic carbocycles. The standard InChI is InChI=1S/C29H40N4O/c1-22-10-7-8-12-27(22)32-19-18-31(21-23(32)2)17-9-11-25-20-28(33(30-25)29(3,4)5)24-13-15-26(34-6)16-14-24/h7-8,10,12-16,20,23H,9,11,17-19,21H2,1-6H3. The Morgan fingerprint density at radius 3 is 2.41 bits per heavy atom. The van der Waals surface area contributed by atoms with Crippen LogP contribution in [0, 0.1) is 6.92 Å². The molecule has 0 N–H and O–H groups in total. The molecular weight excluding hydrogens is 420 g/mol. The maximum Gasteiger partial charge on any atom is 0.118 e. The van der Waals surface area contributed by atoms with Crippen LogP contribution < -0.4 is 9.64 Å². The van der Waals surface area contributed by atoms with Gasteiger partial charge in [-0.25, -0.2) is 0 Å². The highest BCUT2D eigenvalue weighted by Gasteiger charge is 2.25. The van der Waals surface area contributed by atoms with Crippen LogP contribution in [0.2, 0.25) is 0 Å². The third-order valence-corrected chi connectivity index (χ3v) is 6.82. The molecule has 4 rings (SSSR count). The van der Waals surface area contributed by atoms with E-state index in [4.69, 9.17) is 9.84 Å². The molecule has 5 heteroatoms. The molecule has 0 aliphatic carbocycles. The molecule has 0 saturated carbocycles. The molecule has 0 radical (unpaired) electrons. The van der Waals surface area contributed by atoms with Crippen LogP contribution in [-0.4, -0.2) is 54.0 Å². The Hall–Kier alpha value is -2.79. The first-order valence-corrected chi connectivity index (χ1v) is 12.5. The van der Waals surface area contributed by atoms with E-state index in [1.165, 1.54) is 28.2 Å². The number of nitrogens with zero attached hydrogens (tertiary/aromatic N) is 4. The second kappa shape index (κ2) is 10.2. The van der Waals surface area contributed by atoms with E-state index in [9.17, 15) is 0 Å². The number of ether oxygens (including phenoxy) is 1. The molecule has 1 atom stereocenters. The summed E-state index contributed by atoms with van der Waals surface area (Å²) in [6.45, 7) is 15.6. The highest BCUT2D eigenvalue weighted by molar-refractivity contribution is 5.61. The minimum atomic E-state index is -0.0746. The van der Waals surface area contributed by atoms with Crippen LogP contribution in [0.3, 0.4) is 0 Å². The average molecular weight is 461 g/mol. The van der Waals surface area contributed by atoms with E-state index in [2.05, 4.69) is 91.6 Å². The van der Waals surface area contributed by atoms with Gasteiger partial charge in [-0.1, -0.05) is 18.2 Å². The van der Waals surface area contributed by atoms with Gasteiger partial charge in [0.1, 0.15) is 5.75 Å². The number of anilines is 1. The van der Waals surface area contributed by atoms with Crippen molar-refractivity contribution in [2.45, 2.75) is 59.0 Å². The van der Waals surface area contributed by atoms with Crippen LogP contribution in [0.4, 0.5) is 5.69 Å². The lowest BCUT2D eigenvalue weighted by atomic mass is 10.1. The summed E-state index contributed by atoms with van der Waals surface area (Å²) in [7, 11) is 1.70. The van der Waals surface area contributed by atoms with Gasteiger partial charge in [0.15, 0.2) is 0 Å². The molecule has 1 aromatic heterocycles. The Kier molecular flexibility index (Phi) is 7.32.